The predicted octanol–water partition coefficient (Wildman–Crippen LogP) is 0.955. The second kappa shape index (κ2) is 9.02. The number of anilines is 2. The molecule has 2 aromatic rings. The lowest BCUT2D eigenvalue weighted by atomic mass is 10.1. The van der Waals surface area contributed by atoms with E-state index in [0.29, 0.717) is 56.3 Å². The molecule has 3 aliphatic heterocycles. The van der Waals surface area contributed by atoms with E-state index < -0.39 is 17.9 Å². The Morgan fingerprint density at radius 3 is 1.97 bits per heavy atom. The van der Waals surface area contributed by atoms with Crippen LogP contribution >= 0.6 is 0 Å². The van der Waals surface area contributed by atoms with E-state index >= 15 is 0 Å². The largest absolute Gasteiger partial charge is 0.378 e. The number of hydrogen-bond acceptors (Lipinski definition) is 8. The molecule has 0 radical (unpaired) electrons. The second-order valence-corrected chi connectivity index (χ2v) is 8.75. The van der Waals surface area contributed by atoms with Crippen LogP contribution in [0.2, 0.25) is 0 Å². The van der Waals surface area contributed by atoms with Crippen molar-refractivity contribution in [1.82, 2.24) is 19.8 Å². The van der Waals surface area contributed by atoms with Gasteiger partial charge in [0.2, 0.25) is 5.91 Å². The van der Waals surface area contributed by atoms with Gasteiger partial charge >= 0.3 is 0 Å². The first-order valence-electron chi connectivity index (χ1n) is 11.6. The number of piperazine rings is 1. The Kier molecular flexibility index (Phi) is 5.91. The first-order chi connectivity index (χ1) is 16.4. The van der Waals surface area contributed by atoms with Gasteiger partial charge in [-0.05, 0) is 26.0 Å². The third-order valence-corrected chi connectivity index (χ3v) is 6.63. The number of benzene rings is 1. The molecule has 10 heteroatoms. The van der Waals surface area contributed by atoms with Gasteiger partial charge in [0.1, 0.15) is 23.5 Å². The number of carbonyl (C=O) groups is 3. The summed E-state index contributed by atoms with van der Waals surface area (Å²) in [5, 5.41) is 0. The Morgan fingerprint density at radius 1 is 0.882 bits per heavy atom. The molecule has 178 valence electrons. The molecule has 1 unspecified atom stereocenters. The number of morpholine rings is 1. The summed E-state index contributed by atoms with van der Waals surface area (Å²) < 4.78 is 5.44. The van der Waals surface area contributed by atoms with Gasteiger partial charge in [0.25, 0.3) is 11.8 Å². The fraction of sp³-hybridized carbons (Fsp3) is 0.458. The molecule has 1 atom stereocenters. The Labute approximate surface area is 198 Å². The molecule has 0 N–H and O–H groups in total. The number of hydrogen-bond donors (Lipinski definition) is 0. The van der Waals surface area contributed by atoms with E-state index in [1.807, 2.05) is 13.0 Å². The highest BCUT2D eigenvalue weighted by atomic mass is 16.5. The van der Waals surface area contributed by atoms with Crippen LogP contribution in [0.15, 0.2) is 30.3 Å². The maximum absolute atomic E-state index is 13.2. The quantitative estimate of drug-likeness (QED) is 0.617. The molecule has 2 saturated heterocycles. The molecule has 3 amide bonds. The summed E-state index contributed by atoms with van der Waals surface area (Å²) in [6.07, 6.45) is 0. The Balaban J connectivity index is 1.24. The molecular formula is C24H28N6O4. The van der Waals surface area contributed by atoms with Crippen molar-refractivity contribution in [3.63, 3.8) is 0 Å². The third-order valence-electron chi connectivity index (χ3n) is 6.63. The van der Waals surface area contributed by atoms with Crippen LogP contribution in [0.4, 0.5) is 11.6 Å². The summed E-state index contributed by atoms with van der Waals surface area (Å²) in [5.41, 5.74) is 0.708. The molecule has 0 bridgehead atoms. The topological polar surface area (TPSA) is 99.2 Å². The predicted molar refractivity (Wildman–Crippen MR) is 125 cm³/mol. The molecular weight excluding hydrogens is 436 g/mol. The van der Waals surface area contributed by atoms with Gasteiger partial charge in [0, 0.05) is 45.3 Å². The molecule has 0 aliphatic carbocycles. The van der Waals surface area contributed by atoms with Crippen LogP contribution in [0.1, 0.15) is 33.5 Å². The summed E-state index contributed by atoms with van der Waals surface area (Å²) in [6, 6.07) is 7.84. The lowest BCUT2D eigenvalue weighted by Gasteiger charge is -2.38. The Hall–Kier alpha value is -3.53. The van der Waals surface area contributed by atoms with E-state index in [-0.39, 0.29) is 5.91 Å². The maximum atomic E-state index is 13.2. The van der Waals surface area contributed by atoms with Gasteiger partial charge in [-0.15, -0.1) is 0 Å². The lowest BCUT2D eigenvalue weighted by Crippen LogP contribution is -2.55. The van der Waals surface area contributed by atoms with Crippen molar-refractivity contribution in [2.75, 3.05) is 62.3 Å². The fourth-order valence-corrected chi connectivity index (χ4v) is 4.74. The van der Waals surface area contributed by atoms with Crippen LogP contribution < -0.4 is 9.80 Å². The van der Waals surface area contributed by atoms with Crippen molar-refractivity contribution >= 4 is 29.4 Å². The number of fused-ring (bicyclic) bond motifs is 1. The molecule has 0 spiro atoms. The number of nitrogens with zero attached hydrogens (tertiary/aromatic N) is 6. The Morgan fingerprint density at radius 2 is 1.41 bits per heavy atom. The van der Waals surface area contributed by atoms with Crippen LogP contribution in [0, 0.1) is 6.92 Å². The van der Waals surface area contributed by atoms with Crippen molar-refractivity contribution < 1.29 is 19.1 Å². The zero-order valence-electron chi connectivity index (χ0n) is 19.4. The van der Waals surface area contributed by atoms with Gasteiger partial charge in [-0.1, -0.05) is 12.1 Å². The fourth-order valence-electron chi connectivity index (χ4n) is 4.74. The van der Waals surface area contributed by atoms with Crippen molar-refractivity contribution in [3.05, 3.63) is 47.3 Å². The standard InChI is InChI=1S/C24H28N6O4/c1-16(30-23(32)18-5-3-4-6-19(18)24(30)33)22(31)29-9-7-27(8-10-29)20-15-21(26-17(2)25-20)28-11-13-34-14-12-28/h3-6,15-16H,7-14H2,1-2H3. The molecule has 2 fully saturated rings. The number of carbonyl (C=O) groups excluding carboxylic acids is 3. The number of rotatable bonds is 4. The van der Waals surface area contributed by atoms with Crippen LogP contribution in [-0.4, -0.2) is 96.0 Å². The van der Waals surface area contributed by atoms with Crippen LogP contribution in [0.3, 0.4) is 0 Å². The minimum absolute atomic E-state index is 0.220. The highest BCUT2D eigenvalue weighted by Crippen LogP contribution is 2.26. The van der Waals surface area contributed by atoms with E-state index in [1.54, 1.807) is 36.1 Å². The minimum Gasteiger partial charge on any atom is -0.378 e. The summed E-state index contributed by atoms with van der Waals surface area (Å²) in [6.45, 7) is 8.68. The highest BCUT2D eigenvalue weighted by molar-refractivity contribution is 6.22. The number of aryl methyl sites for hydroxylation is 1. The van der Waals surface area contributed by atoms with E-state index in [9.17, 15) is 14.4 Å². The van der Waals surface area contributed by atoms with Crippen LogP contribution in [0.5, 0.6) is 0 Å². The number of amides is 3. The molecule has 5 rings (SSSR count). The molecule has 3 aliphatic rings. The van der Waals surface area contributed by atoms with Crippen molar-refractivity contribution in [2.45, 2.75) is 19.9 Å². The molecule has 1 aromatic carbocycles. The number of imide groups is 1. The van der Waals surface area contributed by atoms with Gasteiger partial charge in [0.15, 0.2) is 0 Å². The average Bonchev–Trinajstić information content (AvgIpc) is 3.13. The number of aromatic nitrogens is 2. The second-order valence-electron chi connectivity index (χ2n) is 8.75. The molecule has 10 nitrogen and oxygen atoms in total. The highest BCUT2D eigenvalue weighted by Gasteiger charge is 2.42. The van der Waals surface area contributed by atoms with Gasteiger partial charge in [-0.25, -0.2) is 9.97 Å². The smallest absolute Gasteiger partial charge is 0.262 e. The summed E-state index contributed by atoms with van der Waals surface area (Å²) in [7, 11) is 0. The lowest BCUT2D eigenvalue weighted by molar-refractivity contribution is -0.135. The van der Waals surface area contributed by atoms with Crippen molar-refractivity contribution in [3.8, 4) is 0 Å². The minimum atomic E-state index is -0.854. The maximum Gasteiger partial charge on any atom is 0.262 e. The summed E-state index contributed by atoms with van der Waals surface area (Å²) in [5.74, 6) is 1.40. The van der Waals surface area contributed by atoms with E-state index in [1.165, 1.54) is 0 Å². The zero-order valence-corrected chi connectivity index (χ0v) is 19.4. The van der Waals surface area contributed by atoms with E-state index in [0.717, 1.165) is 29.6 Å². The molecule has 4 heterocycles. The molecule has 34 heavy (non-hydrogen) atoms. The molecule has 0 saturated carbocycles. The van der Waals surface area contributed by atoms with E-state index in [4.69, 9.17) is 4.74 Å². The van der Waals surface area contributed by atoms with Crippen LogP contribution in [0.25, 0.3) is 0 Å². The van der Waals surface area contributed by atoms with Crippen molar-refractivity contribution in [2.24, 2.45) is 0 Å². The average molecular weight is 465 g/mol. The number of ether oxygens (including phenoxy) is 1. The SMILES string of the molecule is Cc1nc(N2CCOCC2)cc(N2CCN(C(=O)C(C)N3C(=O)c4ccccc4C3=O)CC2)n1. The first-order valence-corrected chi connectivity index (χ1v) is 11.6. The van der Waals surface area contributed by atoms with Crippen LogP contribution in [-0.2, 0) is 9.53 Å². The van der Waals surface area contributed by atoms with Gasteiger partial charge in [0.05, 0.1) is 24.3 Å². The van der Waals surface area contributed by atoms with Gasteiger partial charge in [-0.3, -0.25) is 19.3 Å². The Bertz CT molecular complexity index is 1090. The summed E-state index contributed by atoms with van der Waals surface area (Å²) in [4.78, 5) is 55.1. The normalized spacial score (nSPS) is 19.5. The first kappa shape index (κ1) is 22.3. The van der Waals surface area contributed by atoms with Gasteiger partial charge in [-0.2, -0.15) is 0 Å². The van der Waals surface area contributed by atoms with E-state index in [2.05, 4.69) is 19.8 Å². The zero-order chi connectivity index (χ0) is 23.8. The van der Waals surface area contributed by atoms with Crippen molar-refractivity contribution in [1.29, 1.82) is 0 Å². The third kappa shape index (κ3) is 3.98. The molecule has 1 aromatic heterocycles. The van der Waals surface area contributed by atoms with Gasteiger partial charge < -0.3 is 19.4 Å². The monoisotopic (exact) mass is 464 g/mol. The summed E-state index contributed by atoms with van der Waals surface area (Å²) >= 11 is 0.